The van der Waals surface area contributed by atoms with Crippen LogP contribution in [0.15, 0.2) is 11.1 Å². The van der Waals surface area contributed by atoms with Gasteiger partial charge in [0.05, 0.1) is 6.33 Å². The monoisotopic (exact) mass is 257 g/mol. The lowest BCUT2D eigenvalue weighted by molar-refractivity contribution is 0.140. The van der Waals surface area contributed by atoms with Gasteiger partial charge in [0.2, 0.25) is 5.95 Å². The van der Waals surface area contributed by atoms with Crippen molar-refractivity contribution < 1.29 is 15.7 Å². The van der Waals surface area contributed by atoms with Crippen LogP contribution in [0, 0.1) is 5.92 Å². The first-order valence-electron chi connectivity index (χ1n) is 7.11. The number of nitrogens with two attached hydrogens (primary N) is 1. The zero-order valence-electron chi connectivity index (χ0n) is 13.3. The molecule has 0 fully saturated rings. The highest BCUT2D eigenvalue weighted by molar-refractivity contribution is 5.70. The van der Waals surface area contributed by atoms with Crippen molar-refractivity contribution in [3.63, 3.8) is 0 Å². The Morgan fingerprint density at radius 2 is 2.28 bits per heavy atom. The van der Waals surface area contributed by atoms with Gasteiger partial charge in [0.15, 0.2) is 11.2 Å². The van der Waals surface area contributed by atoms with Gasteiger partial charge in [-0.25, -0.2) is 4.98 Å². The molecular weight excluding hydrogens is 238 g/mol. The molecule has 0 aliphatic rings. The number of aryl methyl sites for hydroxylation is 1. The van der Waals surface area contributed by atoms with Crippen LogP contribution in [0.2, 0.25) is 0 Å². The number of rotatable bonds is 5. The van der Waals surface area contributed by atoms with Gasteiger partial charge in [-0.05, 0) is 6.37 Å². The van der Waals surface area contributed by atoms with Crippen molar-refractivity contribution in [3.8, 4) is 0 Å². The zero-order chi connectivity index (χ0) is 16.7. The van der Waals surface area contributed by atoms with Gasteiger partial charge in [0.25, 0.3) is 5.56 Å². The molecule has 2 aromatic heterocycles. The number of aromatic amines is 1. The van der Waals surface area contributed by atoms with Gasteiger partial charge >= 0.3 is 0 Å². The van der Waals surface area contributed by atoms with Gasteiger partial charge in [0, 0.05) is 31.1 Å². The number of hydrogen-bond acceptors (Lipinski definition) is 6. The molecule has 0 saturated heterocycles. The van der Waals surface area contributed by atoms with E-state index in [0.717, 1.165) is 10.9 Å². The number of imidazole rings is 1. The molecule has 98 valence electrons. The van der Waals surface area contributed by atoms with Crippen LogP contribution < -0.4 is 11.3 Å². The van der Waals surface area contributed by atoms with E-state index in [9.17, 15) is 4.79 Å². The summed E-state index contributed by atoms with van der Waals surface area (Å²) >= 11 is 0. The lowest BCUT2D eigenvalue weighted by Gasteiger charge is -2.10. The fraction of sp³-hybridized carbons (Fsp3) is 0.500. The smallest absolute Gasteiger partial charge is 0.280 e. The second-order valence-electron chi connectivity index (χ2n) is 3.56. The summed E-state index contributed by atoms with van der Waals surface area (Å²) in [4.78, 5) is 21.4. The summed E-state index contributed by atoms with van der Waals surface area (Å²) in [5.74, 6) is -1.64. The van der Waals surface area contributed by atoms with Gasteiger partial charge in [0.1, 0.15) is 0 Å². The van der Waals surface area contributed by atoms with E-state index >= 15 is 0 Å². The van der Waals surface area contributed by atoms with Crippen LogP contribution in [-0.2, 0) is 6.50 Å². The summed E-state index contributed by atoms with van der Waals surface area (Å²) in [5.41, 5.74) is 4.30. The minimum atomic E-state index is -2.74. The number of aromatic nitrogens is 4. The van der Waals surface area contributed by atoms with Crippen molar-refractivity contribution in [2.75, 3.05) is 18.9 Å². The molecule has 18 heavy (non-hydrogen) atoms. The van der Waals surface area contributed by atoms with E-state index in [1.165, 1.54) is 0 Å². The van der Waals surface area contributed by atoms with Gasteiger partial charge in [-0.15, -0.1) is 0 Å². The molecule has 5 N–H and O–H groups in total. The van der Waals surface area contributed by atoms with Gasteiger partial charge in [-0.3, -0.25) is 9.78 Å². The fourth-order valence-corrected chi connectivity index (χ4v) is 1.32. The highest BCUT2D eigenvalue weighted by Crippen LogP contribution is 2.10. The summed E-state index contributed by atoms with van der Waals surface area (Å²) in [6, 6.07) is 0. The van der Waals surface area contributed by atoms with Gasteiger partial charge in [-0.1, -0.05) is 0 Å². The average molecular weight is 257 g/mol. The Morgan fingerprint density at radius 1 is 1.56 bits per heavy atom. The fourth-order valence-electron chi connectivity index (χ4n) is 1.32. The average Bonchev–Trinajstić information content (AvgIpc) is 2.84. The number of H-pyrrole nitrogens is 1. The van der Waals surface area contributed by atoms with Gasteiger partial charge in [-0.2, -0.15) is 4.98 Å². The Labute approximate surface area is 108 Å². The summed E-state index contributed by atoms with van der Waals surface area (Å²) in [6.07, 6.45) is -1.74. The van der Waals surface area contributed by atoms with Crippen molar-refractivity contribution in [1.82, 2.24) is 19.5 Å². The number of nitrogen functional groups attached to an aromatic ring is 1. The van der Waals surface area contributed by atoms with Crippen LogP contribution in [-0.4, -0.2) is 42.9 Å². The quantitative estimate of drug-likeness (QED) is 0.526. The molecular formula is C10H15N5O3. The van der Waals surface area contributed by atoms with E-state index < -0.39 is 37.6 Å². The number of nitrogens with one attached hydrogen (secondary N) is 1. The first kappa shape index (κ1) is 8.22. The molecule has 8 heteroatoms. The molecule has 0 spiro atoms. The number of aliphatic hydroxyl groups is 2. The summed E-state index contributed by atoms with van der Waals surface area (Å²) in [7, 11) is 0. The Bertz CT molecular complexity index is 740. The van der Waals surface area contributed by atoms with Crippen LogP contribution in [0.3, 0.4) is 0 Å². The predicted molar refractivity (Wildman–Crippen MR) is 64.8 cm³/mol. The van der Waals surface area contributed by atoms with E-state index in [1.54, 1.807) is 0 Å². The largest absolute Gasteiger partial charge is 0.396 e. The lowest BCUT2D eigenvalue weighted by Crippen LogP contribution is -2.15. The minimum absolute atomic E-state index is 0.196. The third kappa shape index (κ3) is 2.34. The minimum Gasteiger partial charge on any atom is -0.396 e. The third-order valence-corrected chi connectivity index (χ3v) is 2.26. The summed E-state index contributed by atoms with van der Waals surface area (Å²) in [6.45, 7) is -4.26. The number of anilines is 1. The van der Waals surface area contributed by atoms with Crippen molar-refractivity contribution in [1.29, 1.82) is 0 Å². The second-order valence-corrected chi connectivity index (χ2v) is 3.56. The Morgan fingerprint density at radius 3 is 2.94 bits per heavy atom. The van der Waals surface area contributed by atoms with E-state index in [-0.39, 0.29) is 17.1 Å². The molecule has 0 bridgehead atoms. The molecule has 0 aliphatic carbocycles. The maximum atomic E-state index is 11.7. The Kier molecular flexibility index (Phi) is 2.35. The Balaban J connectivity index is 2.66. The maximum absolute atomic E-state index is 11.7. The van der Waals surface area contributed by atoms with E-state index in [4.69, 9.17) is 21.4 Å². The molecule has 2 heterocycles. The van der Waals surface area contributed by atoms with E-state index in [0.29, 0.717) is 0 Å². The second kappa shape index (κ2) is 5.15. The molecule has 0 saturated carbocycles. The molecule has 0 unspecified atom stereocenters. The standard InChI is InChI=1S/C10H15N5O3/c11-10-13-8-7(9(18)14-10)12-5-15(8)2-1-6(3-16)4-17/h5-6,16-17H,1-4H2,(H3,11,13,14,18)/i1D2,2D2. The molecule has 8 nitrogen and oxygen atoms in total. The van der Waals surface area contributed by atoms with Crippen LogP contribution in [0.5, 0.6) is 0 Å². The maximum Gasteiger partial charge on any atom is 0.280 e. The van der Waals surface area contributed by atoms with E-state index in [2.05, 4.69) is 15.0 Å². The van der Waals surface area contributed by atoms with Crippen LogP contribution >= 0.6 is 0 Å². The van der Waals surface area contributed by atoms with Crippen molar-refractivity contribution in [3.05, 3.63) is 16.7 Å². The predicted octanol–water partition coefficient (Wildman–Crippen LogP) is -1.31. The molecule has 2 rings (SSSR count). The first-order valence-corrected chi connectivity index (χ1v) is 5.11. The third-order valence-electron chi connectivity index (χ3n) is 2.26. The highest BCUT2D eigenvalue weighted by atomic mass is 16.3. The molecule has 0 atom stereocenters. The van der Waals surface area contributed by atoms with Crippen LogP contribution in [0.4, 0.5) is 5.95 Å². The first-order chi connectivity index (χ1) is 10.2. The molecule has 2 aromatic rings. The van der Waals surface area contributed by atoms with Crippen LogP contribution in [0.1, 0.15) is 11.9 Å². The van der Waals surface area contributed by atoms with E-state index in [1.807, 2.05) is 0 Å². The molecule has 0 radical (unpaired) electrons. The molecule has 0 amide bonds. The Hall–Kier alpha value is -1.93. The van der Waals surface area contributed by atoms with Crippen molar-refractivity contribution >= 4 is 17.1 Å². The topological polar surface area (TPSA) is 130 Å². The highest BCUT2D eigenvalue weighted by Gasteiger charge is 2.11. The zero-order valence-corrected chi connectivity index (χ0v) is 9.29. The number of aliphatic hydroxyl groups excluding tert-OH is 2. The van der Waals surface area contributed by atoms with Crippen LogP contribution in [0.25, 0.3) is 11.2 Å². The molecule has 0 aromatic carbocycles. The SMILES string of the molecule is [2H]C([2H])(C(CO)CO)C([2H])([2H])n1cnc2c(=O)[nH]c(N)nc21. The number of fused-ring (bicyclic) bond motifs is 1. The van der Waals surface area contributed by atoms with Crippen molar-refractivity contribution in [2.45, 2.75) is 12.9 Å². The normalized spacial score (nSPS) is 16.4. The number of hydrogen-bond donors (Lipinski definition) is 4. The van der Waals surface area contributed by atoms with Gasteiger partial charge < -0.3 is 20.5 Å². The number of nitrogens with zero attached hydrogens (tertiary/aromatic N) is 3. The summed E-state index contributed by atoms with van der Waals surface area (Å²) in [5, 5.41) is 18.3. The summed E-state index contributed by atoms with van der Waals surface area (Å²) < 4.78 is 32.7. The van der Waals surface area contributed by atoms with Crippen molar-refractivity contribution in [2.24, 2.45) is 5.92 Å². The lowest BCUT2D eigenvalue weighted by atomic mass is 10.1. The molecule has 0 aliphatic heterocycles.